The molecule has 0 atom stereocenters. The third-order valence-corrected chi connectivity index (χ3v) is 10.4. The fourth-order valence-electron chi connectivity index (χ4n) is 7.73. The van der Waals surface area contributed by atoms with Crippen molar-refractivity contribution < 1.29 is 9.47 Å². The van der Waals surface area contributed by atoms with Crippen molar-refractivity contribution >= 4 is 0 Å². The maximum Gasteiger partial charge on any atom is 0.178 e. The van der Waals surface area contributed by atoms with E-state index in [1.54, 1.807) is 0 Å². The predicted molar refractivity (Wildman–Crippen MR) is 211 cm³/mol. The Labute approximate surface area is 308 Å². The first-order chi connectivity index (χ1) is 26.0. The highest BCUT2D eigenvalue weighted by Gasteiger charge is 2.39. The second-order valence-electron chi connectivity index (χ2n) is 14.0. The van der Waals surface area contributed by atoms with Crippen LogP contribution in [0.3, 0.4) is 0 Å². The molecule has 2 heterocycles. The molecule has 0 saturated carbocycles. The van der Waals surface area contributed by atoms with E-state index >= 15 is 0 Å². The number of fused-ring (bicyclic) bond motifs is 6. The second kappa shape index (κ2) is 12.1. The summed E-state index contributed by atoms with van der Waals surface area (Å²) in [6.07, 6.45) is 0. The van der Waals surface area contributed by atoms with Crippen molar-refractivity contribution in [2.75, 3.05) is 0 Å². The second-order valence-corrected chi connectivity index (χ2v) is 14.0. The van der Waals surface area contributed by atoms with Crippen LogP contribution in [0, 0.1) is 0 Å². The molecule has 0 saturated heterocycles. The Hall–Kier alpha value is -6.85. The Morgan fingerprint density at radius 1 is 0.377 bits per heavy atom. The molecule has 0 fully saturated rings. The van der Waals surface area contributed by atoms with Crippen LogP contribution in [0.4, 0.5) is 0 Å². The zero-order valence-electron chi connectivity index (χ0n) is 29.2. The summed E-state index contributed by atoms with van der Waals surface area (Å²) in [5.74, 6) is 4.63. The lowest BCUT2D eigenvalue weighted by Gasteiger charge is -2.25. The van der Waals surface area contributed by atoms with Gasteiger partial charge in [0, 0.05) is 27.7 Å². The molecule has 1 aromatic heterocycles. The molecule has 0 unspecified atom stereocenters. The molecule has 0 amide bonds. The monoisotopic (exact) mass is 683 g/mol. The van der Waals surface area contributed by atoms with Crippen molar-refractivity contribution in [1.82, 2.24) is 15.0 Å². The first-order valence-corrected chi connectivity index (χ1v) is 17.9. The quantitative estimate of drug-likeness (QED) is 0.181. The third kappa shape index (κ3) is 5.20. The lowest BCUT2D eigenvalue weighted by Crippen LogP contribution is -2.15. The molecule has 7 aromatic carbocycles. The van der Waals surface area contributed by atoms with Gasteiger partial charge in [-0.15, -0.1) is 0 Å². The lowest BCUT2D eigenvalue weighted by molar-refractivity contribution is 0.360. The zero-order valence-corrected chi connectivity index (χ0v) is 29.2. The SMILES string of the molecule is CC1(C)c2ccccc2-c2c1ccc1c2Oc2ccc(-c3ccccc3-c3nc(-c4ccccc4)nc(-c4cccc(-c5ccccc5)c4)n3)cc2O1. The molecule has 5 heteroatoms. The Bertz CT molecular complexity index is 2700. The molecule has 252 valence electrons. The molecule has 10 rings (SSSR count). The Morgan fingerprint density at radius 3 is 1.77 bits per heavy atom. The molecule has 0 radical (unpaired) electrons. The highest BCUT2D eigenvalue weighted by Crippen LogP contribution is 2.58. The van der Waals surface area contributed by atoms with E-state index in [-0.39, 0.29) is 5.41 Å². The van der Waals surface area contributed by atoms with E-state index in [9.17, 15) is 0 Å². The minimum absolute atomic E-state index is 0.127. The van der Waals surface area contributed by atoms with Crippen LogP contribution in [0.2, 0.25) is 0 Å². The fraction of sp³-hybridized carbons (Fsp3) is 0.0625. The number of nitrogens with zero attached hydrogens (tertiary/aromatic N) is 3. The van der Waals surface area contributed by atoms with Crippen LogP contribution < -0.4 is 9.47 Å². The highest BCUT2D eigenvalue weighted by molar-refractivity contribution is 5.89. The predicted octanol–water partition coefficient (Wildman–Crippen LogP) is 12.4. The van der Waals surface area contributed by atoms with Crippen molar-refractivity contribution in [2.24, 2.45) is 0 Å². The van der Waals surface area contributed by atoms with E-state index in [0.717, 1.165) is 50.3 Å². The van der Waals surface area contributed by atoms with Crippen LogP contribution in [0.25, 0.3) is 67.5 Å². The minimum Gasteiger partial charge on any atom is -0.449 e. The zero-order chi connectivity index (χ0) is 35.5. The smallest absolute Gasteiger partial charge is 0.178 e. The van der Waals surface area contributed by atoms with E-state index in [2.05, 4.69) is 111 Å². The summed E-state index contributed by atoms with van der Waals surface area (Å²) in [5.41, 5.74) is 11.6. The van der Waals surface area contributed by atoms with Crippen LogP contribution in [0.15, 0.2) is 164 Å². The summed E-state index contributed by atoms with van der Waals surface area (Å²) in [7, 11) is 0. The van der Waals surface area contributed by atoms with E-state index < -0.39 is 0 Å². The van der Waals surface area contributed by atoms with E-state index in [4.69, 9.17) is 24.4 Å². The average molecular weight is 684 g/mol. The standard InChI is InChI=1S/C48H33N3O2/c1-48(2)38-23-12-11-22-37(38)43-39(48)25-27-41-44(43)53-40-26-24-33(29-42(40)52-41)35-20-9-10-21-36(35)47-50-45(31-16-7-4-8-17-31)49-46(51-47)34-19-13-18-32(28-34)30-14-5-3-6-15-30/h3-29H,1-2H3. The van der Waals surface area contributed by atoms with Crippen molar-refractivity contribution in [3.8, 4) is 90.5 Å². The van der Waals surface area contributed by atoms with Crippen LogP contribution in [0.5, 0.6) is 23.0 Å². The van der Waals surface area contributed by atoms with Gasteiger partial charge in [-0.05, 0) is 63.2 Å². The molecule has 1 aliphatic carbocycles. The number of aromatic nitrogens is 3. The van der Waals surface area contributed by atoms with E-state index in [0.29, 0.717) is 34.7 Å². The molecule has 0 N–H and O–H groups in total. The molecule has 5 nitrogen and oxygen atoms in total. The Balaban J connectivity index is 1.06. The first kappa shape index (κ1) is 30.9. The van der Waals surface area contributed by atoms with Gasteiger partial charge in [-0.25, -0.2) is 15.0 Å². The Kier molecular flexibility index (Phi) is 7.08. The largest absolute Gasteiger partial charge is 0.449 e. The van der Waals surface area contributed by atoms with Crippen LogP contribution >= 0.6 is 0 Å². The number of rotatable bonds is 5. The molecular weight excluding hydrogens is 651 g/mol. The molecule has 1 aliphatic heterocycles. The summed E-state index contributed by atoms with van der Waals surface area (Å²) >= 11 is 0. The normalized spacial score (nSPS) is 13.2. The number of hydrogen-bond donors (Lipinski definition) is 0. The van der Waals surface area contributed by atoms with Gasteiger partial charge >= 0.3 is 0 Å². The van der Waals surface area contributed by atoms with Gasteiger partial charge in [-0.1, -0.05) is 153 Å². The molecule has 0 spiro atoms. The van der Waals surface area contributed by atoms with Gasteiger partial charge in [-0.2, -0.15) is 0 Å². The van der Waals surface area contributed by atoms with Crippen LogP contribution in [-0.2, 0) is 5.41 Å². The molecular formula is C48H33N3O2. The summed E-state index contributed by atoms with van der Waals surface area (Å²) in [4.78, 5) is 15.2. The summed E-state index contributed by atoms with van der Waals surface area (Å²) in [6, 6.07) is 55.9. The van der Waals surface area contributed by atoms with Gasteiger partial charge in [0.2, 0.25) is 0 Å². The summed E-state index contributed by atoms with van der Waals surface area (Å²) in [6.45, 7) is 4.54. The molecule has 2 aliphatic rings. The van der Waals surface area contributed by atoms with Gasteiger partial charge in [0.25, 0.3) is 0 Å². The van der Waals surface area contributed by atoms with E-state index in [1.165, 1.54) is 16.7 Å². The molecule has 0 bridgehead atoms. The maximum absolute atomic E-state index is 6.69. The van der Waals surface area contributed by atoms with Crippen molar-refractivity contribution in [2.45, 2.75) is 19.3 Å². The number of hydrogen-bond acceptors (Lipinski definition) is 5. The van der Waals surface area contributed by atoms with E-state index in [1.807, 2.05) is 66.7 Å². The van der Waals surface area contributed by atoms with Crippen molar-refractivity contribution in [1.29, 1.82) is 0 Å². The van der Waals surface area contributed by atoms with Gasteiger partial charge in [0.05, 0.1) is 0 Å². The lowest BCUT2D eigenvalue weighted by atomic mass is 9.82. The highest BCUT2D eigenvalue weighted by atomic mass is 16.6. The third-order valence-electron chi connectivity index (χ3n) is 10.4. The van der Waals surface area contributed by atoms with Gasteiger partial charge in [0.1, 0.15) is 0 Å². The fourth-order valence-corrected chi connectivity index (χ4v) is 7.73. The Morgan fingerprint density at radius 2 is 0.981 bits per heavy atom. The number of benzene rings is 7. The summed E-state index contributed by atoms with van der Waals surface area (Å²) in [5, 5.41) is 0. The minimum atomic E-state index is -0.127. The molecule has 8 aromatic rings. The maximum atomic E-state index is 6.69. The van der Waals surface area contributed by atoms with Crippen LogP contribution in [0.1, 0.15) is 25.0 Å². The first-order valence-electron chi connectivity index (χ1n) is 17.9. The van der Waals surface area contributed by atoms with Crippen LogP contribution in [-0.4, -0.2) is 15.0 Å². The van der Waals surface area contributed by atoms with Crippen molar-refractivity contribution in [3.05, 3.63) is 175 Å². The summed E-state index contributed by atoms with van der Waals surface area (Å²) < 4.78 is 13.3. The molecule has 53 heavy (non-hydrogen) atoms. The van der Waals surface area contributed by atoms with Gasteiger partial charge in [-0.3, -0.25) is 0 Å². The topological polar surface area (TPSA) is 57.1 Å². The van der Waals surface area contributed by atoms with Gasteiger partial charge < -0.3 is 9.47 Å². The average Bonchev–Trinajstić information content (AvgIpc) is 3.46. The van der Waals surface area contributed by atoms with Gasteiger partial charge in [0.15, 0.2) is 40.5 Å². The number of ether oxygens (including phenoxy) is 2. The van der Waals surface area contributed by atoms with Crippen molar-refractivity contribution in [3.63, 3.8) is 0 Å².